The van der Waals surface area contributed by atoms with Crippen molar-refractivity contribution >= 4 is 14.8 Å². The summed E-state index contributed by atoms with van der Waals surface area (Å²) >= 11 is 0. The van der Waals surface area contributed by atoms with Gasteiger partial charge in [-0.1, -0.05) is 12.1 Å². The summed E-state index contributed by atoms with van der Waals surface area (Å²) < 4.78 is 17.7. The van der Waals surface area contributed by atoms with Gasteiger partial charge in [-0.05, 0) is 42.4 Å². The van der Waals surface area contributed by atoms with Crippen LogP contribution in [-0.4, -0.2) is 17.6 Å². The van der Waals surface area contributed by atoms with E-state index < -0.39 is 5.97 Å². The molecule has 0 spiro atoms. The number of aromatic nitrogens is 1. The van der Waals surface area contributed by atoms with Gasteiger partial charge < -0.3 is 4.52 Å². The molecule has 6 heteroatoms. The van der Waals surface area contributed by atoms with E-state index in [4.69, 9.17) is 9.79 Å². The minimum Gasteiger partial charge on any atom is -0.444 e. The van der Waals surface area contributed by atoms with Crippen LogP contribution in [0, 0.1) is 17.1 Å². The number of hydrogen-bond donors (Lipinski definition) is 0. The minimum atomic E-state index is -0.597. The Morgan fingerprint density at radius 1 is 1.38 bits per heavy atom. The Kier molecular flexibility index (Phi) is 4.97. The number of hydrogen-bond acceptors (Lipinski definition) is 4. The fraction of sp³-hybridized carbons (Fsp3) is 0.133. The second kappa shape index (κ2) is 6.92. The Labute approximate surface area is 123 Å². The predicted molar refractivity (Wildman–Crippen MR) is 77.8 cm³/mol. The van der Waals surface area contributed by atoms with Crippen LogP contribution in [0.5, 0.6) is 0 Å². The molecule has 1 atom stereocenters. The van der Waals surface area contributed by atoms with Crippen LogP contribution in [0.15, 0.2) is 36.5 Å². The molecule has 106 valence electrons. The first-order chi connectivity index (χ1) is 10.1. The first-order valence-corrected chi connectivity index (χ1v) is 7.56. The summed E-state index contributed by atoms with van der Waals surface area (Å²) in [4.78, 5) is 15.7. The Balaban J connectivity index is 2.25. The van der Waals surface area contributed by atoms with E-state index >= 15 is 0 Å². The summed E-state index contributed by atoms with van der Waals surface area (Å²) in [5.41, 5.74) is 1.87. The zero-order chi connectivity index (χ0) is 15.2. The van der Waals surface area contributed by atoms with Gasteiger partial charge in [-0.15, -0.1) is 0 Å². The van der Waals surface area contributed by atoms with Crippen molar-refractivity contribution in [1.82, 2.24) is 4.98 Å². The number of rotatable bonds is 4. The van der Waals surface area contributed by atoms with E-state index in [-0.39, 0.29) is 25.9 Å². The molecule has 1 unspecified atom stereocenters. The summed E-state index contributed by atoms with van der Waals surface area (Å²) in [6.45, 7) is 1.72. The van der Waals surface area contributed by atoms with Crippen molar-refractivity contribution in [2.45, 2.75) is 6.42 Å². The highest BCUT2D eigenvalue weighted by Gasteiger charge is 2.15. The maximum atomic E-state index is 12.9. The average molecular weight is 302 g/mol. The lowest BCUT2D eigenvalue weighted by Crippen LogP contribution is -2.06. The number of pyridine rings is 1. The molecule has 2 rings (SSSR count). The first kappa shape index (κ1) is 15.1. The molecule has 21 heavy (non-hydrogen) atoms. The number of halogens is 1. The molecule has 2 aromatic rings. The second-order valence-corrected chi connectivity index (χ2v) is 4.86. The average Bonchev–Trinajstić information content (AvgIpc) is 2.49. The molecule has 0 amide bonds. The Bertz CT molecular complexity index is 696. The third-order valence-corrected chi connectivity index (χ3v) is 3.16. The fourth-order valence-corrected chi connectivity index (χ4v) is 2.11. The summed E-state index contributed by atoms with van der Waals surface area (Å²) in [5, 5.41) is 9.12. The highest BCUT2D eigenvalue weighted by atomic mass is 31.1. The van der Waals surface area contributed by atoms with Gasteiger partial charge in [0.25, 0.3) is 0 Å². The highest BCUT2D eigenvalue weighted by Crippen LogP contribution is 2.16. The molecule has 0 bridgehead atoms. The van der Waals surface area contributed by atoms with Crippen LogP contribution in [0.25, 0.3) is 0 Å². The SMILES string of the molecule is CPOC(=O)c1ncc(Cc2ccc(F)cc2)cc1C#N. The van der Waals surface area contributed by atoms with Crippen LogP contribution in [0.4, 0.5) is 4.39 Å². The molecule has 0 saturated heterocycles. The van der Waals surface area contributed by atoms with Crippen LogP contribution >= 0.6 is 8.81 Å². The summed E-state index contributed by atoms with van der Waals surface area (Å²) in [7, 11) is 0.000733. The van der Waals surface area contributed by atoms with E-state index in [1.807, 2.05) is 6.07 Å². The van der Waals surface area contributed by atoms with Gasteiger partial charge in [-0.2, -0.15) is 5.26 Å². The largest absolute Gasteiger partial charge is 0.444 e. The molecular weight excluding hydrogens is 290 g/mol. The van der Waals surface area contributed by atoms with Crippen LogP contribution in [0.1, 0.15) is 27.2 Å². The maximum Gasteiger partial charge on any atom is 0.360 e. The number of nitriles is 1. The van der Waals surface area contributed by atoms with Crippen LogP contribution < -0.4 is 0 Å². The number of nitrogens with zero attached hydrogens (tertiary/aromatic N) is 2. The van der Waals surface area contributed by atoms with Gasteiger partial charge in [0, 0.05) is 6.20 Å². The molecule has 0 aliphatic carbocycles. The van der Waals surface area contributed by atoms with Crippen LogP contribution in [0.3, 0.4) is 0 Å². The lowest BCUT2D eigenvalue weighted by molar-refractivity contribution is 0.0755. The maximum absolute atomic E-state index is 12.9. The molecule has 1 aromatic heterocycles. The standard InChI is InChI=1S/C15H12FN2O2P/c1-21-20-15(19)14-12(8-17)7-11(9-18-14)6-10-2-4-13(16)5-3-10/h2-5,7,9,21H,6H2,1H3. The van der Waals surface area contributed by atoms with Crippen LogP contribution in [-0.2, 0) is 10.9 Å². The van der Waals surface area contributed by atoms with Crippen molar-refractivity contribution in [3.05, 3.63) is 64.7 Å². The highest BCUT2D eigenvalue weighted by molar-refractivity contribution is 7.31. The molecular formula is C15H12FN2O2P. The fourth-order valence-electron chi connectivity index (χ4n) is 1.83. The third kappa shape index (κ3) is 3.84. The number of carbonyl (C=O) groups is 1. The Morgan fingerprint density at radius 2 is 2.10 bits per heavy atom. The minimum absolute atomic E-state index is 0.000733. The Morgan fingerprint density at radius 3 is 2.71 bits per heavy atom. The molecule has 0 fully saturated rings. The van der Waals surface area contributed by atoms with E-state index in [1.54, 1.807) is 24.9 Å². The van der Waals surface area contributed by atoms with Crippen molar-refractivity contribution in [1.29, 1.82) is 5.26 Å². The van der Waals surface area contributed by atoms with Crippen molar-refractivity contribution in [2.75, 3.05) is 6.66 Å². The molecule has 0 aliphatic heterocycles. The summed E-state index contributed by atoms with van der Waals surface area (Å²) in [5.74, 6) is -0.895. The monoisotopic (exact) mass is 302 g/mol. The van der Waals surface area contributed by atoms with Gasteiger partial charge in [0.15, 0.2) is 5.69 Å². The van der Waals surface area contributed by atoms with Crippen molar-refractivity contribution < 1.29 is 13.7 Å². The second-order valence-electron chi connectivity index (χ2n) is 4.25. The molecule has 4 nitrogen and oxygen atoms in total. The number of carbonyl (C=O) groups excluding carboxylic acids is 1. The van der Waals surface area contributed by atoms with Crippen molar-refractivity contribution in [3.8, 4) is 6.07 Å². The molecule has 0 radical (unpaired) electrons. The number of benzene rings is 1. The normalized spacial score (nSPS) is 10.5. The van der Waals surface area contributed by atoms with E-state index in [1.165, 1.54) is 18.3 Å². The van der Waals surface area contributed by atoms with Crippen LogP contribution in [0.2, 0.25) is 0 Å². The summed E-state index contributed by atoms with van der Waals surface area (Å²) in [6, 6.07) is 9.64. The summed E-state index contributed by atoms with van der Waals surface area (Å²) in [6.07, 6.45) is 2.03. The van der Waals surface area contributed by atoms with E-state index in [9.17, 15) is 9.18 Å². The smallest absolute Gasteiger partial charge is 0.360 e. The predicted octanol–water partition coefficient (Wildman–Crippen LogP) is 3.06. The van der Waals surface area contributed by atoms with E-state index in [2.05, 4.69) is 4.98 Å². The van der Waals surface area contributed by atoms with Crippen molar-refractivity contribution in [3.63, 3.8) is 0 Å². The zero-order valence-electron chi connectivity index (χ0n) is 11.3. The quantitative estimate of drug-likeness (QED) is 0.814. The van der Waals surface area contributed by atoms with Gasteiger partial charge >= 0.3 is 5.97 Å². The van der Waals surface area contributed by atoms with Gasteiger partial charge in [0.2, 0.25) is 0 Å². The lowest BCUT2D eigenvalue weighted by atomic mass is 10.0. The molecule has 1 heterocycles. The van der Waals surface area contributed by atoms with Crippen molar-refractivity contribution in [2.24, 2.45) is 0 Å². The van der Waals surface area contributed by atoms with E-state index in [0.717, 1.165) is 11.1 Å². The third-order valence-electron chi connectivity index (χ3n) is 2.77. The molecule has 0 saturated carbocycles. The molecule has 0 N–H and O–H groups in total. The first-order valence-electron chi connectivity index (χ1n) is 6.15. The van der Waals surface area contributed by atoms with Gasteiger partial charge in [-0.25, -0.2) is 14.2 Å². The molecule has 1 aromatic carbocycles. The lowest BCUT2D eigenvalue weighted by Gasteiger charge is -2.06. The van der Waals surface area contributed by atoms with E-state index in [0.29, 0.717) is 6.42 Å². The topological polar surface area (TPSA) is 63.0 Å². The Hall–Kier alpha value is -2.31. The van der Waals surface area contributed by atoms with Gasteiger partial charge in [0.05, 0.1) is 14.4 Å². The van der Waals surface area contributed by atoms with Gasteiger partial charge in [-0.3, -0.25) is 0 Å². The van der Waals surface area contributed by atoms with Gasteiger partial charge in [0.1, 0.15) is 11.9 Å². The zero-order valence-corrected chi connectivity index (χ0v) is 12.3. The molecule has 0 aliphatic rings.